The number of rotatable bonds is 2. The molecule has 1 aromatic rings. The van der Waals surface area contributed by atoms with Crippen molar-refractivity contribution in [3.8, 4) is 0 Å². The van der Waals surface area contributed by atoms with E-state index in [1.807, 2.05) is 18.2 Å². The molecule has 0 fully saturated rings. The molecule has 0 atom stereocenters. The van der Waals surface area contributed by atoms with E-state index in [1.54, 1.807) is 12.1 Å². The maximum absolute atomic E-state index is 12.7. The van der Waals surface area contributed by atoms with Crippen molar-refractivity contribution in [1.29, 1.82) is 5.41 Å². The molecule has 0 aromatic heterocycles. The normalized spacial score (nSPS) is 9.42. The van der Waals surface area contributed by atoms with Crippen molar-refractivity contribution >= 4 is 5.96 Å². The van der Waals surface area contributed by atoms with E-state index in [0.29, 0.717) is 0 Å². The maximum atomic E-state index is 12.7. The molecular formula is C8H10FN3. The van der Waals surface area contributed by atoms with Gasteiger partial charge in [0.1, 0.15) is 0 Å². The number of nitrogens with zero attached hydrogens (tertiary/aromatic N) is 1. The Morgan fingerprint density at radius 3 is 2.50 bits per heavy atom. The lowest BCUT2D eigenvalue weighted by molar-refractivity contribution is 0.108. The zero-order chi connectivity index (χ0) is 8.97. The Morgan fingerprint density at radius 1 is 1.42 bits per heavy atom. The lowest BCUT2D eigenvalue weighted by Gasteiger charge is -2.10. The third-order valence-corrected chi connectivity index (χ3v) is 1.43. The van der Waals surface area contributed by atoms with Crippen LogP contribution in [-0.4, -0.2) is 11.1 Å². The summed E-state index contributed by atoms with van der Waals surface area (Å²) in [7, 11) is 0. The molecule has 3 nitrogen and oxygen atoms in total. The maximum Gasteiger partial charge on any atom is 0.217 e. The molecule has 0 spiro atoms. The van der Waals surface area contributed by atoms with Gasteiger partial charge in [-0.3, -0.25) is 5.41 Å². The summed E-state index contributed by atoms with van der Waals surface area (Å²) in [5.74, 6) is -0.571. The highest BCUT2D eigenvalue weighted by Crippen LogP contribution is 2.03. The molecule has 3 N–H and O–H groups in total. The van der Waals surface area contributed by atoms with Crippen molar-refractivity contribution in [2.45, 2.75) is 6.54 Å². The molecule has 0 saturated carbocycles. The van der Waals surface area contributed by atoms with E-state index in [2.05, 4.69) is 0 Å². The van der Waals surface area contributed by atoms with Gasteiger partial charge in [0.05, 0.1) is 6.54 Å². The van der Waals surface area contributed by atoms with Crippen LogP contribution in [0, 0.1) is 5.41 Å². The van der Waals surface area contributed by atoms with E-state index >= 15 is 0 Å². The second-order valence-corrected chi connectivity index (χ2v) is 2.39. The van der Waals surface area contributed by atoms with Gasteiger partial charge in [0.15, 0.2) is 0 Å². The molecule has 64 valence electrons. The molecule has 0 heterocycles. The molecule has 0 saturated heterocycles. The van der Waals surface area contributed by atoms with Crippen LogP contribution in [0.15, 0.2) is 30.3 Å². The fourth-order valence-corrected chi connectivity index (χ4v) is 0.829. The van der Waals surface area contributed by atoms with Crippen molar-refractivity contribution in [2.75, 3.05) is 0 Å². The second kappa shape index (κ2) is 3.71. The topological polar surface area (TPSA) is 53.1 Å². The Balaban J connectivity index is 2.58. The molecule has 0 aliphatic heterocycles. The van der Waals surface area contributed by atoms with Gasteiger partial charge in [-0.2, -0.15) is 5.12 Å². The number of hydrogen-bond donors (Lipinski definition) is 2. The first-order valence-corrected chi connectivity index (χ1v) is 3.51. The third kappa shape index (κ3) is 2.23. The molecule has 1 aromatic carbocycles. The second-order valence-electron chi connectivity index (χ2n) is 2.39. The summed E-state index contributed by atoms with van der Waals surface area (Å²) < 4.78 is 12.7. The van der Waals surface area contributed by atoms with Crippen LogP contribution in [0.4, 0.5) is 4.48 Å². The van der Waals surface area contributed by atoms with Crippen molar-refractivity contribution in [2.24, 2.45) is 5.73 Å². The van der Waals surface area contributed by atoms with Crippen molar-refractivity contribution in [3.05, 3.63) is 35.9 Å². The summed E-state index contributed by atoms with van der Waals surface area (Å²) in [6, 6.07) is 9.01. The summed E-state index contributed by atoms with van der Waals surface area (Å²) in [6.45, 7) is 0.0240. The van der Waals surface area contributed by atoms with Gasteiger partial charge in [-0.1, -0.05) is 34.8 Å². The van der Waals surface area contributed by atoms with Gasteiger partial charge in [0, 0.05) is 0 Å². The van der Waals surface area contributed by atoms with Crippen LogP contribution in [0.1, 0.15) is 5.56 Å². The number of guanidine groups is 1. The van der Waals surface area contributed by atoms with E-state index in [9.17, 15) is 4.48 Å². The fraction of sp³-hybridized carbons (Fsp3) is 0.125. The Hall–Kier alpha value is -1.58. The highest BCUT2D eigenvalue weighted by Gasteiger charge is 2.03. The van der Waals surface area contributed by atoms with Crippen LogP contribution in [0.25, 0.3) is 0 Å². The van der Waals surface area contributed by atoms with Crippen LogP contribution in [0.2, 0.25) is 0 Å². The van der Waals surface area contributed by atoms with E-state index in [0.717, 1.165) is 5.56 Å². The third-order valence-electron chi connectivity index (χ3n) is 1.43. The lowest BCUT2D eigenvalue weighted by atomic mass is 10.2. The molecule has 0 bridgehead atoms. The zero-order valence-electron chi connectivity index (χ0n) is 6.50. The minimum atomic E-state index is -0.571. The number of halogens is 1. The SMILES string of the molecule is N=C(N)N(F)Cc1ccccc1. The number of benzene rings is 1. The van der Waals surface area contributed by atoms with Crippen LogP contribution >= 0.6 is 0 Å². The summed E-state index contributed by atoms with van der Waals surface area (Å²) in [4.78, 5) is 0. The van der Waals surface area contributed by atoms with Gasteiger partial charge in [-0.15, -0.1) is 0 Å². The van der Waals surface area contributed by atoms with Gasteiger partial charge < -0.3 is 5.73 Å². The Kier molecular flexibility index (Phi) is 2.63. The van der Waals surface area contributed by atoms with Crippen molar-refractivity contribution < 1.29 is 4.48 Å². The highest BCUT2D eigenvalue weighted by molar-refractivity contribution is 5.73. The van der Waals surface area contributed by atoms with Crippen molar-refractivity contribution in [3.63, 3.8) is 0 Å². The average Bonchev–Trinajstić information content (AvgIpc) is 2.06. The van der Waals surface area contributed by atoms with Crippen LogP contribution < -0.4 is 5.73 Å². The Labute approximate surface area is 70.0 Å². The van der Waals surface area contributed by atoms with E-state index < -0.39 is 5.96 Å². The largest absolute Gasteiger partial charge is 0.368 e. The quantitative estimate of drug-likeness (QED) is 0.396. The molecule has 4 heteroatoms. The lowest BCUT2D eigenvalue weighted by Crippen LogP contribution is -2.28. The van der Waals surface area contributed by atoms with Crippen LogP contribution in [0.5, 0.6) is 0 Å². The monoisotopic (exact) mass is 167 g/mol. The number of nitrogens with one attached hydrogen (secondary N) is 1. The summed E-state index contributed by atoms with van der Waals surface area (Å²) >= 11 is 0. The first kappa shape index (κ1) is 8.52. The summed E-state index contributed by atoms with van der Waals surface area (Å²) in [6.07, 6.45) is 0. The van der Waals surface area contributed by atoms with Gasteiger partial charge >= 0.3 is 0 Å². The molecule has 0 aliphatic carbocycles. The Morgan fingerprint density at radius 2 is 2.00 bits per heavy atom. The van der Waals surface area contributed by atoms with E-state index in [1.165, 1.54) is 0 Å². The van der Waals surface area contributed by atoms with Gasteiger partial charge in [-0.05, 0) is 5.56 Å². The molecular weight excluding hydrogens is 157 g/mol. The summed E-state index contributed by atoms with van der Waals surface area (Å²) in [5, 5.41) is 6.97. The number of hydrogen-bond acceptors (Lipinski definition) is 1. The molecule has 0 amide bonds. The average molecular weight is 167 g/mol. The van der Waals surface area contributed by atoms with Gasteiger partial charge in [0.2, 0.25) is 5.96 Å². The minimum Gasteiger partial charge on any atom is -0.368 e. The highest BCUT2D eigenvalue weighted by atomic mass is 19.2. The molecule has 1 rings (SSSR count). The molecule has 0 aliphatic rings. The first-order chi connectivity index (χ1) is 5.70. The Bertz CT molecular complexity index is 260. The summed E-state index contributed by atoms with van der Waals surface area (Å²) in [5.41, 5.74) is 5.71. The zero-order valence-corrected chi connectivity index (χ0v) is 6.50. The molecule has 0 radical (unpaired) electrons. The van der Waals surface area contributed by atoms with Crippen LogP contribution in [0.3, 0.4) is 0 Å². The minimum absolute atomic E-state index is 0.0240. The number of nitrogens with two attached hydrogens (primary N) is 1. The predicted octanol–water partition coefficient (Wildman–Crippen LogP) is 1.27. The molecule has 0 unspecified atom stereocenters. The van der Waals surface area contributed by atoms with E-state index in [-0.39, 0.29) is 11.7 Å². The van der Waals surface area contributed by atoms with Gasteiger partial charge in [-0.25, -0.2) is 0 Å². The standard InChI is InChI=1S/C8H10FN3/c9-12(8(10)11)6-7-4-2-1-3-5-7/h1-5H,6H2,(H3,10,11). The first-order valence-electron chi connectivity index (χ1n) is 3.51. The predicted molar refractivity (Wildman–Crippen MR) is 45.0 cm³/mol. The smallest absolute Gasteiger partial charge is 0.217 e. The van der Waals surface area contributed by atoms with Crippen LogP contribution in [-0.2, 0) is 6.54 Å². The van der Waals surface area contributed by atoms with Gasteiger partial charge in [0.25, 0.3) is 0 Å². The van der Waals surface area contributed by atoms with E-state index in [4.69, 9.17) is 11.1 Å². The molecule has 12 heavy (non-hydrogen) atoms. The fourth-order valence-electron chi connectivity index (χ4n) is 0.829. The van der Waals surface area contributed by atoms with Crippen molar-refractivity contribution in [1.82, 2.24) is 5.12 Å².